The Bertz CT molecular complexity index is 2700. The van der Waals surface area contributed by atoms with Gasteiger partial charge in [0.2, 0.25) is 0 Å². The molecule has 254 valence electrons. The van der Waals surface area contributed by atoms with E-state index in [4.69, 9.17) is 0 Å². The van der Waals surface area contributed by atoms with Crippen molar-refractivity contribution in [2.24, 2.45) is 0 Å². The predicted octanol–water partition coefficient (Wildman–Crippen LogP) is 11.7. The summed E-state index contributed by atoms with van der Waals surface area (Å²) >= 11 is 1.88. The summed E-state index contributed by atoms with van der Waals surface area (Å²) in [7, 11) is 0. The Balaban J connectivity index is 1.32. The maximum absolute atomic E-state index is 11.0. The summed E-state index contributed by atoms with van der Waals surface area (Å²) in [6.07, 6.45) is 15.6. The third kappa shape index (κ3) is 5.29. The van der Waals surface area contributed by atoms with Gasteiger partial charge in [0.1, 0.15) is 12.1 Å². The lowest BCUT2D eigenvalue weighted by Crippen LogP contribution is -2.13. The average molecular weight is 701 g/mol. The summed E-state index contributed by atoms with van der Waals surface area (Å²) in [5.41, 5.74) is 18.5. The zero-order valence-corrected chi connectivity index (χ0v) is 30.3. The first-order valence-electron chi connectivity index (χ1n) is 18.2. The summed E-state index contributed by atoms with van der Waals surface area (Å²) < 4.78 is 4.48. The molecule has 0 spiro atoms. The molecule has 53 heavy (non-hydrogen) atoms. The molecular formula is C48H36N4S. The van der Waals surface area contributed by atoms with E-state index in [1.165, 1.54) is 44.6 Å². The number of fused-ring (bicyclic) bond motifs is 6. The van der Waals surface area contributed by atoms with E-state index in [1.807, 2.05) is 30.0 Å². The van der Waals surface area contributed by atoms with Crippen LogP contribution < -0.4 is 0 Å². The Morgan fingerprint density at radius 1 is 0.849 bits per heavy atom. The van der Waals surface area contributed by atoms with E-state index in [0.29, 0.717) is 16.8 Å². The fourth-order valence-corrected chi connectivity index (χ4v) is 9.80. The molecule has 9 rings (SSSR count). The first kappa shape index (κ1) is 32.7. The van der Waals surface area contributed by atoms with E-state index in [2.05, 4.69) is 150 Å². The third-order valence-corrected chi connectivity index (χ3v) is 12.1. The van der Waals surface area contributed by atoms with E-state index < -0.39 is 0 Å². The molecule has 2 atom stereocenters. The molecule has 2 aliphatic carbocycles. The van der Waals surface area contributed by atoms with Gasteiger partial charge in [0, 0.05) is 51.2 Å². The molecule has 0 fully saturated rings. The second-order valence-corrected chi connectivity index (χ2v) is 15.1. The van der Waals surface area contributed by atoms with Crippen molar-refractivity contribution in [1.29, 1.82) is 10.5 Å². The molecule has 2 aromatic heterocycles. The van der Waals surface area contributed by atoms with Crippen LogP contribution in [0.25, 0.3) is 51.1 Å². The van der Waals surface area contributed by atoms with Gasteiger partial charge < -0.3 is 9.13 Å². The van der Waals surface area contributed by atoms with Crippen LogP contribution >= 0.6 is 11.8 Å². The highest BCUT2D eigenvalue weighted by molar-refractivity contribution is 7.99. The van der Waals surface area contributed by atoms with E-state index >= 15 is 0 Å². The number of nitriles is 2. The van der Waals surface area contributed by atoms with Crippen molar-refractivity contribution >= 4 is 40.4 Å². The maximum Gasteiger partial charge on any atom is 0.101 e. The van der Waals surface area contributed by atoms with Crippen LogP contribution in [0.15, 0.2) is 128 Å². The zero-order valence-electron chi connectivity index (χ0n) is 29.5. The lowest BCUT2D eigenvalue weighted by Gasteiger charge is -2.25. The first-order chi connectivity index (χ1) is 26.1. The van der Waals surface area contributed by atoms with Crippen molar-refractivity contribution in [2.75, 3.05) is 5.75 Å². The summed E-state index contributed by atoms with van der Waals surface area (Å²) in [6.45, 7) is 6.30. The van der Waals surface area contributed by atoms with E-state index in [0.717, 1.165) is 53.0 Å². The van der Waals surface area contributed by atoms with Gasteiger partial charge in [-0.15, -0.1) is 17.5 Å². The second-order valence-electron chi connectivity index (χ2n) is 13.9. The van der Waals surface area contributed by atoms with Crippen LogP contribution in [0.5, 0.6) is 0 Å². The lowest BCUT2D eigenvalue weighted by atomic mass is 9.84. The quantitative estimate of drug-likeness (QED) is 0.168. The van der Waals surface area contributed by atoms with Crippen LogP contribution in [0.2, 0.25) is 0 Å². The molecule has 4 aromatic carbocycles. The van der Waals surface area contributed by atoms with Crippen LogP contribution in [0.1, 0.15) is 75.0 Å². The number of aryl methyl sites for hydroxylation is 1. The lowest BCUT2D eigenvalue weighted by molar-refractivity contribution is 0.724. The highest BCUT2D eigenvalue weighted by Crippen LogP contribution is 2.49. The highest BCUT2D eigenvalue weighted by atomic mass is 32.2. The number of para-hydroxylation sites is 1. The van der Waals surface area contributed by atoms with Crippen LogP contribution in [0.4, 0.5) is 0 Å². The first-order valence-corrected chi connectivity index (χ1v) is 19.2. The van der Waals surface area contributed by atoms with Gasteiger partial charge in [0.25, 0.3) is 0 Å². The van der Waals surface area contributed by atoms with E-state index in [9.17, 15) is 10.5 Å². The Labute approximate surface area is 314 Å². The van der Waals surface area contributed by atoms with Crippen LogP contribution in [-0.4, -0.2) is 14.9 Å². The Morgan fingerprint density at radius 3 is 2.38 bits per heavy atom. The minimum absolute atomic E-state index is 0.0686. The summed E-state index contributed by atoms with van der Waals surface area (Å²) in [5, 5.41) is 23.2. The topological polar surface area (TPSA) is 57.4 Å². The third-order valence-electron chi connectivity index (χ3n) is 10.9. The second kappa shape index (κ2) is 13.4. The zero-order chi connectivity index (χ0) is 36.1. The van der Waals surface area contributed by atoms with Gasteiger partial charge in [0.15, 0.2) is 0 Å². The fraction of sp³-hybridized carbons (Fsp3) is 0.146. The number of thioether (sulfide) groups is 1. The van der Waals surface area contributed by atoms with Crippen LogP contribution in [-0.2, 0) is 12.8 Å². The molecule has 0 N–H and O–H groups in total. The number of hydrogen-bond donors (Lipinski definition) is 0. The molecule has 0 saturated heterocycles. The molecule has 0 amide bonds. The van der Waals surface area contributed by atoms with Gasteiger partial charge in [-0.3, -0.25) is 0 Å². The summed E-state index contributed by atoms with van der Waals surface area (Å²) in [5.74, 6) is 1.02. The minimum atomic E-state index is 0.0686. The predicted molar refractivity (Wildman–Crippen MR) is 219 cm³/mol. The van der Waals surface area contributed by atoms with Gasteiger partial charge in [0.05, 0.1) is 39.0 Å². The SMILES string of the molecule is C=C=Cc1c(C2C=CC=CCS2)c2c(n1-c1cc(C#N)c(-n3c4c(c5ccccc53)-c3ccccc3CC4)cc1C#N)C(C)CC(c1ccccc1)=C2. The Morgan fingerprint density at radius 2 is 1.58 bits per heavy atom. The molecule has 3 heterocycles. The number of rotatable bonds is 5. The minimum Gasteiger partial charge on any atom is -0.312 e. The van der Waals surface area contributed by atoms with Gasteiger partial charge in [-0.25, -0.2) is 0 Å². The molecule has 6 aromatic rings. The summed E-state index contributed by atoms with van der Waals surface area (Å²) in [6, 6.07) is 36.7. The van der Waals surface area contributed by atoms with Crippen molar-refractivity contribution in [3.63, 3.8) is 0 Å². The van der Waals surface area contributed by atoms with Crippen LogP contribution in [0, 0.1) is 22.7 Å². The average Bonchev–Trinajstić information content (AvgIpc) is 3.56. The molecule has 2 unspecified atom stereocenters. The highest BCUT2D eigenvalue weighted by Gasteiger charge is 2.34. The van der Waals surface area contributed by atoms with E-state index in [-0.39, 0.29) is 11.2 Å². The Kier molecular flexibility index (Phi) is 8.25. The monoisotopic (exact) mass is 700 g/mol. The van der Waals surface area contributed by atoms with Crippen molar-refractivity contribution in [3.8, 4) is 34.6 Å². The van der Waals surface area contributed by atoms with Gasteiger partial charge >= 0.3 is 0 Å². The molecule has 3 aliphatic rings. The van der Waals surface area contributed by atoms with Crippen LogP contribution in [0.3, 0.4) is 0 Å². The molecule has 5 heteroatoms. The van der Waals surface area contributed by atoms with Gasteiger partial charge in [-0.1, -0.05) is 111 Å². The van der Waals surface area contributed by atoms with Gasteiger partial charge in [-0.2, -0.15) is 10.5 Å². The smallest absolute Gasteiger partial charge is 0.101 e. The van der Waals surface area contributed by atoms with Crippen molar-refractivity contribution < 1.29 is 0 Å². The van der Waals surface area contributed by atoms with Crippen molar-refractivity contribution in [1.82, 2.24) is 9.13 Å². The molecule has 1 aliphatic heterocycles. The molecule has 0 bridgehead atoms. The summed E-state index contributed by atoms with van der Waals surface area (Å²) in [4.78, 5) is 0. The van der Waals surface area contributed by atoms with Crippen molar-refractivity contribution in [3.05, 3.63) is 178 Å². The fourth-order valence-electron chi connectivity index (χ4n) is 8.75. The maximum atomic E-state index is 11.0. The molecule has 0 radical (unpaired) electrons. The number of aromatic nitrogens is 2. The largest absolute Gasteiger partial charge is 0.312 e. The normalized spacial score (nSPS) is 17.1. The Hall–Kier alpha value is -6.23. The standard InChI is InChI=1S/C48H36N4S/c1-3-14-41-47(45-21-8-5-13-24-53-45)39-26-34(32-15-6-4-7-16-32)25-31(2)48(39)52(41)44-28-35(29-49)43(27-36(44)30-50)51-40-20-12-11-19-38(40)46-37-18-10-9-17-33(37)22-23-42(46)51/h4-21,26-28,31,45H,1,22-25H2,2H3. The number of allylic oxidation sites excluding steroid dienone is 3. The molecular weight excluding hydrogens is 665 g/mol. The van der Waals surface area contributed by atoms with Crippen molar-refractivity contribution in [2.45, 2.75) is 37.4 Å². The number of hydrogen-bond acceptors (Lipinski definition) is 3. The molecule has 4 nitrogen and oxygen atoms in total. The number of benzene rings is 4. The van der Waals surface area contributed by atoms with Gasteiger partial charge in [-0.05, 0) is 65.8 Å². The van der Waals surface area contributed by atoms with E-state index in [1.54, 1.807) is 0 Å². The number of nitrogens with zero attached hydrogens (tertiary/aromatic N) is 4. The molecule has 0 saturated carbocycles.